The number of piperazine rings is 1. The van der Waals surface area contributed by atoms with Crippen LogP contribution in [-0.2, 0) is 16.2 Å². The van der Waals surface area contributed by atoms with Gasteiger partial charge in [0.1, 0.15) is 5.82 Å². The second kappa shape index (κ2) is 14.4. The zero-order valence-electron chi connectivity index (χ0n) is 22.9. The first-order valence-corrected chi connectivity index (χ1v) is 13.0. The molecular weight excluding hydrogens is 480 g/mol. The van der Waals surface area contributed by atoms with Crippen LogP contribution in [-0.4, -0.2) is 78.0 Å². The smallest absolute Gasteiger partial charge is 0.275 e. The van der Waals surface area contributed by atoms with E-state index in [0.29, 0.717) is 38.0 Å². The number of allylic oxidation sites excluding steroid dienone is 1. The fourth-order valence-electron chi connectivity index (χ4n) is 3.91. The third-order valence-electron chi connectivity index (χ3n) is 6.70. The van der Waals surface area contributed by atoms with Crippen LogP contribution in [0.3, 0.4) is 0 Å². The molecule has 0 aliphatic carbocycles. The molecule has 1 fully saturated rings. The Morgan fingerprint density at radius 3 is 2.50 bits per heavy atom. The van der Waals surface area contributed by atoms with Crippen molar-refractivity contribution in [2.45, 2.75) is 33.2 Å². The van der Waals surface area contributed by atoms with E-state index in [4.69, 9.17) is 10.1 Å². The standard InChI is InChI=1S/C29H40N6O3/c1-6-25(29(36)31-37)21-30-23(4)34-16-18-35(19-17-34)38-32-28-12-10-26(11-13-28)27-9-7-8-24(20-27)14-15-33(5)22(2)3/h6-13,20-22,32,37H,4,14-19H2,1-3,5H3,(H,31,36)/b25-6+,30-21-. The normalized spacial score (nSPS) is 14.9. The number of nitrogens with one attached hydrogen (secondary N) is 2. The van der Waals surface area contributed by atoms with Gasteiger partial charge < -0.3 is 9.80 Å². The summed E-state index contributed by atoms with van der Waals surface area (Å²) in [6.45, 7) is 13.8. The Morgan fingerprint density at radius 2 is 1.87 bits per heavy atom. The highest BCUT2D eigenvalue weighted by Crippen LogP contribution is 2.23. The minimum Gasteiger partial charge on any atom is -0.354 e. The molecule has 0 unspecified atom stereocenters. The molecule has 3 N–H and O–H groups in total. The lowest BCUT2D eigenvalue weighted by Gasteiger charge is -2.34. The van der Waals surface area contributed by atoms with Gasteiger partial charge >= 0.3 is 0 Å². The van der Waals surface area contributed by atoms with Crippen molar-refractivity contribution in [3.8, 4) is 11.1 Å². The van der Waals surface area contributed by atoms with E-state index in [1.54, 1.807) is 18.5 Å². The van der Waals surface area contributed by atoms with Crippen molar-refractivity contribution in [3.05, 3.63) is 78.1 Å². The van der Waals surface area contributed by atoms with E-state index in [-0.39, 0.29) is 5.57 Å². The van der Waals surface area contributed by atoms with Gasteiger partial charge in [-0.25, -0.2) is 16.0 Å². The van der Waals surface area contributed by atoms with Crippen LogP contribution in [0.15, 0.2) is 77.6 Å². The van der Waals surface area contributed by atoms with Crippen molar-refractivity contribution in [1.29, 1.82) is 0 Å². The topological polar surface area (TPSA) is 92.7 Å². The molecular formula is C29H40N6O3. The Morgan fingerprint density at radius 1 is 1.16 bits per heavy atom. The summed E-state index contributed by atoms with van der Waals surface area (Å²) in [5.41, 5.74) is 9.48. The van der Waals surface area contributed by atoms with Crippen molar-refractivity contribution in [3.63, 3.8) is 0 Å². The fraction of sp³-hybridized carbons (Fsp3) is 0.379. The highest BCUT2D eigenvalue weighted by molar-refractivity contribution is 6.11. The predicted octanol–water partition coefficient (Wildman–Crippen LogP) is 4.11. The van der Waals surface area contributed by atoms with Crippen LogP contribution in [0.5, 0.6) is 0 Å². The maximum atomic E-state index is 11.5. The maximum absolute atomic E-state index is 11.5. The first-order chi connectivity index (χ1) is 18.3. The summed E-state index contributed by atoms with van der Waals surface area (Å²) >= 11 is 0. The monoisotopic (exact) mass is 520 g/mol. The number of rotatable bonds is 12. The number of benzene rings is 2. The first-order valence-electron chi connectivity index (χ1n) is 13.0. The SMILES string of the molecule is C=C(/N=C\C(=C/C)C(=O)NO)N1CCN(ONc2ccc(-c3cccc(CCN(C)C(C)C)c3)cc2)CC1. The number of likely N-dealkylation sites (N-methyl/N-ethyl adjacent to an activating group) is 1. The molecule has 0 atom stereocenters. The van der Waals surface area contributed by atoms with Crippen LogP contribution < -0.4 is 11.0 Å². The number of nitrogens with zero attached hydrogens (tertiary/aromatic N) is 4. The van der Waals surface area contributed by atoms with Crippen LogP contribution in [0, 0.1) is 0 Å². The average molecular weight is 521 g/mol. The van der Waals surface area contributed by atoms with Crippen LogP contribution in [0.25, 0.3) is 11.1 Å². The Balaban J connectivity index is 1.45. The van der Waals surface area contributed by atoms with Gasteiger partial charge in [0.15, 0.2) is 0 Å². The summed E-state index contributed by atoms with van der Waals surface area (Å²) in [4.78, 5) is 26.0. The van der Waals surface area contributed by atoms with Crippen LogP contribution in [0.2, 0.25) is 0 Å². The maximum Gasteiger partial charge on any atom is 0.275 e. The summed E-state index contributed by atoms with van der Waals surface area (Å²) < 4.78 is 0. The van der Waals surface area contributed by atoms with Gasteiger partial charge in [0.2, 0.25) is 0 Å². The molecule has 1 aliphatic rings. The largest absolute Gasteiger partial charge is 0.354 e. The van der Waals surface area contributed by atoms with Gasteiger partial charge in [-0.05, 0) is 63.1 Å². The molecule has 38 heavy (non-hydrogen) atoms. The minimum absolute atomic E-state index is 0.257. The van der Waals surface area contributed by atoms with Gasteiger partial charge in [-0.1, -0.05) is 49.1 Å². The van der Waals surface area contributed by atoms with Gasteiger partial charge in [0.25, 0.3) is 5.91 Å². The number of hydroxylamine groups is 3. The lowest BCUT2D eigenvalue weighted by Crippen LogP contribution is -2.46. The van der Waals surface area contributed by atoms with E-state index in [0.717, 1.165) is 18.7 Å². The zero-order chi connectivity index (χ0) is 27.5. The first kappa shape index (κ1) is 29.1. The molecule has 9 heteroatoms. The number of anilines is 1. The molecule has 0 radical (unpaired) electrons. The molecule has 2 aromatic carbocycles. The molecule has 0 aromatic heterocycles. The number of aliphatic imine (C=N–C) groups is 1. The van der Waals surface area contributed by atoms with Gasteiger partial charge in [0, 0.05) is 45.0 Å². The molecule has 0 bridgehead atoms. The molecule has 1 amide bonds. The number of amides is 1. The molecule has 1 aliphatic heterocycles. The summed E-state index contributed by atoms with van der Waals surface area (Å²) in [5, 5.41) is 10.6. The summed E-state index contributed by atoms with van der Waals surface area (Å²) in [6, 6.07) is 17.5. The van der Waals surface area contributed by atoms with E-state index < -0.39 is 5.91 Å². The van der Waals surface area contributed by atoms with Crippen LogP contribution >= 0.6 is 0 Å². The Bertz CT molecular complexity index is 1120. The quantitative estimate of drug-likeness (QED) is 0.168. The summed E-state index contributed by atoms with van der Waals surface area (Å²) in [7, 11) is 2.16. The van der Waals surface area contributed by atoms with Gasteiger partial charge in [-0.15, -0.1) is 0 Å². The number of carbonyl (C=O) groups is 1. The Kier molecular flexibility index (Phi) is 11.0. The van der Waals surface area contributed by atoms with Crippen molar-refractivity contribution in [2.24, 2.45) is 4.99 Å². The third kappa shape index (κ3) is 8.53. The molecule has 9 nitrogen and oxygen atoms in total. The van der Waals surface area contributed by atoms with Crippen molar-refractivity contribution < 1.29 is 14.9 Å². The average Bonchev–Trinajstić information content (AvgIpc) is 2.95. The van der Waals surface area contributed by atoms with Crippen molar-refractivity contribution >= 4 is 17.8 Å². The molecule has 1 saturated heterocycles. The number of hydrogen-bond donors (Lipinski definition) is 3. The van der Waals surface area contributed by atoms with E-state index in [1.807, 2.05) is 22.1 Å². The molecule has 0 saturated carbocycles. The van der Waals surface area contributed by atoms with E-state index in [1.165, 1.54) is 22.9 Å². The van der Waals surface area contributed by atoms with Gasteiger partial charge in [-0.2, -0.15) is 10.0 Å². The minimum atomic E-state index is -0.611. The molecule has 0 spiro atoms. The fourth-order valence-corrected chi connectivity index (χ4v) is 3.91. The summed E-state index contributed by atoms with van der Waals surface area (Å²) in [5.74, 6) is -0.0608. The van der Waals surface area contributed by atoms with Crippen LogP contribution in [0.4, 0.5) is 5.69 Å². The predicted molar refractivity (Wildman–Crippen MR) is 153 cm³/mol. The van der Waals surface area contributed by atoms with E-state index >= 15 is 0 Å². The van der Waals surface area contributed by atoms with E-state index in [9.17, 15) is 4.79 Å². The van der Waals surface area contributed by atoms with Gasteiger partial charge in [0.05, 0.1) is 11.3 Å². The Labute approximate surface area is 226 Å². The lowest BCUT2D eigenvalue weighted by molar-refractivity contribution is -0.149. The second-order valence-corrected chi connectivity index (χ2v) is 9.57. The summed E-state index contributed by atoms with van der Waals surface area (Å²) in [6.07, 6.45) is 3.99. The molecule has 204 valence electrons. The van der Waals surface area contributed by atoms with Gasteiger partial charge in [-0.3, -0.25) is 10.0 Å². The number of carbonyl (C=O) groups excluding carboxylic acids is 1. The zero-order valence-corrected chi connectivity index (χ0v) is 22.9. The third-order valence-corrected chi connectivity index (χ3v) is 6.70. The highest BCUT2D eigenvalue weighted by Gasteiger charge is 2.19. The van der Waals surface area contributed by atoms with Crippen molar-refractivity contribution in [1.82, 2.24) is 20.3 Å². The van der Waals surface area contributed by atoms with E-state index in [2.05, 4.69) is 79.2 Å². The number of hydrogen-bond acceptors (Lipinski definition) is 8. The van der Waals surface area contributed by atoms with Crippen molar-refractivity contribution in [2.75, 3.05) is 45.3 Å². The Hall–Kier alpha value is -3.50. The highest BCUT2D eigenvalue weighted by atomic mass is 16.8. The molecule has 2 aromatic rings. The second-order valence-electron chi connectivity index (χ2n) is 9.57. The van der Waals surface area contributed by atoms with Crippen LogP contribution in [0.1, 0.15) is 26.3 Å². The molecule has 3 rings (SSSR count). The molecule has 1 heterocycles. The lowest BCUT2D eigenvalue weighted by atomic mass is 10.0.